The molecule has 7 nitrogen and oxygen atoms in total. The average Bonchev–Trinajstić information content (AvgIpc) is 3.03. The zero-order valence-electron chi connectivity index (χ0n) is 17.7. The van der Waals surface area contributed by atoms with Crippen molar-refractivity contribution >= 4 is 27.3 Å². The Balaban J connectivity index is 1.99. The summed E-state index contributed by atoms with van der Waals surface area (Å²) in [6, 6.07) is 11.8. The first-order chi connectivity index (χ1) is 14.0. The first kappa shape index (κ1) is 22.3. The summed E-state index contributed by atoms with van der Waals surface area (Å²) >= 11 is 6.19. The van der Waals surface area contributed by atoms with Gasteiger partial charge in [0.25, 0.3) is 10.0 Å². The highest BCUT2D eigenvalue weighted by molar-refractivity contribution is 7.92. The van der Waals surface area contributed by atoms with Crippen molar-refractivity contribution in [1.29, 1.82) is 0 Å². The molecule has 0 aliphatic heterocycles. The van der Waals surface area contributed by atoms with E-state index in [0.717, 1.165) is 11.4 Å². The lowest BCUT2D eigenvalue weighted by Gasteiger charge is -2.19. The molecule has 160 valence electrons. The third-order valence-corrected chi connectivity index (χ3v) is 6.41. The minimum Gasteiger partial charge on any atom is -0.313 e. The Hall–Kier alpha value is -2.42. The van der Waals surface area contributed by atoms with Crippen LogP contribution >= 0.6 is 11.6 Å². The maximum Gasteiger partial charge on any atom is 0.261 e. The largest absolute Gasteiger partial charge is 0.313 e. The fourth-order valence-electron chi connectivity index (χ4n) is 3.04. The van der Waals surface area contributed by atoms with E-state index in [1.165, 1.54) is 0 Å². The maximum absolute atomic E-state index is 13.0. The summed E-state index contributed by atoms with van der Waals surface area (Å²) in [5.74, 6) is 1.24. The van der Waals surface area contributed by atoms with Crippen molar-refractivity contribution in [3.05, 3.63) is 58.9 Å². The predicted molar refractivity (Wildman–Crippen MR) is 120 cm³/mol. The zero-order chi connectivity index (χ0) is 22.1. The molecule has 1 heterocycles. The third kappa shape index (κ3) is 4.66. The molecule has 30 heavy (non-hydrogen) atoms. The van der Waals surface area contributed by atoms with Gasteiger partial charge in [0, 0.05) is 17.6 Å². The Morgan fingerprint density at radius 3 is 2.33 bits per heavy atom. The number of nitrogens with zero attached hydrogens (tertiary/aromatic N) is 3. The molecule has 0 aliphatic rings. The van der Waals surface area contributed by atoms with Crippen molar-refractivity contribution in [1.82, 2.24) is 20.1 Å². The van der Waals surface area contributed by atoms with Gasteiger partial charge in [-0.3, -0.25) is 4.72 Å². The molecule has 0 radical (unpaired) electrons. The molecule has 0 saturated carbocycles. The topological polar surface area (TPSA) is 88.9 Å². The molecule has 3 rings (SSSR count). The number of benzene rings is 2. The van der Waals surface area contributed by atoms with Crippen LogP contribution in [-0.4, -0.2) is 30.2 Å². The molecule has 0 fully saturated rings. The molecular weight excluding hydrogens is 422 g/mol. The molecule has 0 atom stereocenters. The van der Waals surface area contributed by atoms with Gasteiger partial charge in [-0.15, -0.1) is 10.2 Å². The van der Waals surface area contributed by atoms with Gasteiger partial charge in [-0.2, -0.15) is 0 Å². The van der Waals surface area contributed by atoms with Gasteiger partial charge in [-0.05, 0) is 48.4 Å². The van der Waals surface area contributed by atoms with E-state index in [4.69, 9.17) is 11.6 Å². The number of aromatic nitrogens is 3. The van der Waals surface area contributed by atoms with E-state index >= 15 is 0 Å². The second-order valence-electron chi connectivity index (χ2n) is 8.10. The van der Waals surface area contributed by atoms with Crippen LogP contribution in [-0.2, 0) is 29.0 Å². The summed E-state index contributed by atoms with van der Waals surface area (Å²) in [7, 11) is -0.155. The lowest BCUT2D eigenvalue weighted by molar-refractivity contribution is 0.587. The van der Waals surface area contributed by atoms with Crippen LogP contribution in [0.4, 0.5) is 5.69 Å². The molecule has 3 aromatic rings. The van der Waals surface area contributed by atoms with Crippen LogP contribution in [0.2, 0.25) is 5.02 Å². The van der Waals surface area contributed by atoms with Gasteiger partial charge < -0.3 is 9.88 Å². The number of anilines is 1. The highest BCUT2D eigenvalue weighted by Crippen LogP contribution is 2.32. The molecule has 0 saturated heterocycles. The number of hydrogen-bond acceptors (Lipinski definition) is 5. The van der Waals surface area contributed by atoms with Crippen molar-refractivity contribution in [2.45, 2.75) is 37.6 Å². The summed E-state index contributed by atoms with van der Waals surface area (Å²) in [6.07, 6.45) is 0. The summed E-state index contributed by atoms with van der Waals surface area (Å²) in [6.45, 7) is 6.78. The Bertz CT molecular complexity index is 1150. The van der Waals surface area contributed by atoms with E-state index in [0.29, 0.717) is 28.6 Å². The van der Waals surface area contributed by atoms with Crippen LogP contribution in [0, 0.1) is 0 Å². The van der Waals surface area contributed by atoms with Crippen molar-refractivity contribution in [2.24, 2.45) is 7.05 Å². The van der Waals surface area contributed by atoms with Crippen LogP contribution in [0.5, 0.6) is 0 Å². The summed E-state index contributed by atoms with van der Waals surface area (Å²) < 4.78 is 30.5. The molecule has 0 aliphatic carbocycles. The first-order valence-electron chi connectivity index (χ1n) is 9.49. The Morgan fingerprint density at radius 2 is 1.73 bits per heavy atom. The third-order valence-electron chi connectivity index (χ3n) is 4.80. The van der Waals surface area contributed by atoms with E-state index in [1.54, 1.807) is 34.9 Å². The van der Waals surface area contributed by atoms with Crippen LogP contribution in [0.3, 0.4) is 0 Å². The molecule has 0 amide bonds. The molecule has 9 heteroatoms. The Kier molecular flexibility index (Phi) is 6.21. The van der Waals surface area contributed by atoms with E-state index in [-0.39, 0.29) is 10.3 Å². The summed E-state index contributed by atoms with van der Waals surface area (Å²) in [4.78, 5) is 0.185. The quantitative estimate of drug-likeness (QED) is 0.597. The number of rotatable bonds is 6. The van der Waals surface area contributed by atoms with Gasteiger partial charge in [-0.1, -0.05) is 44.5 Å². The van der Waals surface area contributed by atoms with Crippen molar-refractivity contribution in [3.63, 3.8) is 0 Å². The summed E-state index contributed by atoms with van der Waals surface area (Å²) in [5, 5.41) is 11.9. The van der Waals surface area contributed by atoms with E-state index in [9.17, 15) is 8.42 Å². The summed E-state index contributed by atoms with van der Waals surface area (Å²) in [5.41, 5.74) is 1.93. The lowest BCUT2D eigenvalue weighted by Crippen LogP contribution is -2.16. The highest BCUT2D eigenvalue weighted by atomic mass is 35.5. The van der Waals surface area contributed by atoms with Gasteiger partial charge in [0.05, 0.1) is 17.1 Å². The van der Waals surface area contributed by atoms with E-state index in [2.05, 4.69) is 41.0 Å². The standard InChI is InChI=1S/C21H26ClN5O2S/c1-21(2,3)14-6-9-16(10-7-14)30(28,29)26-18-11-8-15(22)12-17(18)20-25-24-19(13-23-4)27(20)5/h6-12,23,26H,13H2,1-5H3. The van der Waals surface area contributed by atoms with E-state index < -0.39 is 10.0 Å². The van der Waals surface area contributed by atoms with Gasteiger partial charge >= 0.3 is 0 Å². The molecule has 2 N–H and O–H groups in total. The Morgan fingerprint density at radius 1 is 1.07 bits per heavy atom. The first-order valence-corrected chi connectivity index (χ1v) is 11.3. The smallest absolute Gasteiger partial charge is 0.261 e. The monoisotopic (exact) mass is 447 g/mol. The maximum atomic E-state index is 13.0. The predicted octanol–water partition coefficient (Wildman–Crippen LogP) is 3.95. The normalized spacial score (nSPS) is 12.2. The second kappa shape index (κ2) is 8.37. The number of hydrogen-bond donors (Lipinski definition) is 2. The number of nitrogens with one attached hydrogen (secondary N) is 2. The molecule has 0 bridgehead atoms. The van der Waals surface area contributed by atoms with Crippen LogP contribution < -0.4 is 10.0 Å². The second-order valence-corrected chi connectivity index (χ2v) is 10.2. The Labute approximate surface area is 182 Å². The van der Waals surface area contributed by atoms with Crippen LogP contribution in [0.15, 0.2) is 47.4 Å². The zero-order valence-corrected chi connectivity index (χ0v) is 19.3. The number of sulfonamides is 1. The van der Waals surface area contributed by atoms with Crippen molar-refractivity contribution < 1.29 is 8.42 Å². The fourth-order valence-corrected chi connectivity index (χ4v) is 4.29. The number of halogens is 1. The SMILES string of the molecule is CNCc1nnc(-c2cc(Cl)ccc2NS(=O)(=O)c2ccc(C(C)(C)C)cc2)n1C. The molecule has 0 unspecified atom stereocenters. The van der Waals surface area contributed by atoms with Gasteiger partial charge in [0.2, 0.25) is 0 Å². The van der Waals surface area contributed by atoms with E-state index in [1.807, 2.05) is 26.2 Å². The van der Waals surface area contributed by atoms with Crippen LogP contribution in [0.1, 0.15) is 32.2 Å². The lowest BCUT2D eigenvalue weighted by atomic mass is 9.87. The molecule has 1 aromatic heterocycles. The molecule has 2 aromatic carbocycles. The van der Waals surface area contributed by atoms with Crippen LogP contribution in [0.25, 0.3) is 11.4 Å². The van der Waals surface area contributed by atoms with Crippen molar-refractivity contribution in [2.75, 3.05) is 11.8 Å². The molecular formula is C21H26ClN5O2S. The minimum absolute atomic E-state index is 0.0602. The fraction of sp³-hybridized carbons (Fsp3) is 0.333. The molecule has 0 spiro atoms. The highest BCUT2D eigenvalue weighted by Gasteiger charge is 2.21. The average molecular weight is 448 g/mol. The van der Waals surface area contributed by atoms with Crippen molar-refractivity contribution in [3.8, 4) is 11.4 Å². The van der Waals surface area contributed by atoms with Gasteiger partial charge in [-0.25, -0.2) is 8.42 Å². The van der Waals surface area contributed by atoms with Gasteiger partial charge in [0.1, 0.15) is 5.82 Å². The minimum atomic E-state index is -3.80. The van der Waals surface area contributed by atoms with Gasteiger partial charge in [0.15, 0.2) is 5.82 Å².